The zero-order chi connectivity index (χ0) is 22.8. The van der Waals surface area contributed by atoms with Gasteiger partial charge in [0, 0.05) is 41.8 Å². The summed E-state index contributed by atoms with van der Waals surface area (Å²) in [6.07, 6.45) is 5.25. The van der Waals surface area contributed by atoms with Crippen LogP contribution >= 0.6 is 0 Å². The van der Waals surface area contributed by atoms with Crippen molar-refractivity contribution in [2.24, 2.45) is 0 Å². The Bertz CT molecular complexity index is 1200. The Morgan fingerprint density at radius 2 is 1.67 bits per heavy atom. The van der Waals surface area contributed by atoms with Crippen molar-refractivity contribution in [1.29, 1.82) is 0 Å². The number of likely N-dealkylation sites (tertiary alicyclic amines) is 1. The lowest BCUT2D eigenvalue weighted by atomic mass is 10.0. The molecular weight excluding hydrogens is 413 g/mol. The maximum atomic E-state index is 14.2. The summed E-state index contributed by atoms with van der Waals surface area (Å²) in [7, 11) is 0. The molecule has 33 heavy (non-hydrogen) atoms. The van der Waals surface area contributed by atoms with Gasteiger partial charge < -0.3 is 15.1 Å². The number of hydrogen-bond acceptors (Lipinski definition) is 3. The molecule has 1 N–H and O–H groups in total. The molecule has 2 aliphatic heterocycles. The van der Waals surface area contributed by atoms with E-state index in [1.807, 2.05) is 18.2 Å². The van der Waals surface area contributed by atoms with Crippen LogP contribution < -0.4 is 5.32 Å². The number of anilines is 1. The number of fused-ring (bicyclic) bond motifs is 2. The highest BCUT2D eigenvalue weighted by Gasteiger charge is 2.26. The maximum absolute atomic E-state index is 14.2. The predicted octanol–water partition coefficient (Wildman–Crippen LogP) is 5.89. The number of nitrogens with zero attached hydrogens (tertiary/aromatic N) is 2. The second kappa shape index (κ2) is 9.36. The Morgan fingerprint density at radius 1 is 0.909 bits per heavy atom. The van der Waals surface area contributed by atoms with Crippen molar-refractivity contribution in [2.45, 2.75) is 32.2 Å². The van der Waals surface area contributed by atoms with Crippen LogP contribution in [0, 0.1) is 5.82 Å². The minimum Gasteiger partial charge on any atom is -0.366 e. The molecule has 3 aromatic carbocycles. The Kier molecular flexibility index (Phi) is 6.14. The van der Waals surface area contributed by atoms with E-state index >= 15 is 0 Å². The van der Waals surface area contributed by atoms with Crippen molar-refractivity contribution in [3.05, 3.63) is 83.7 Å². The third-order valence-corrected chi connectivity index (χ3v) is 6.93. The van der Waals surface area contributed by atoms with E-state index in [-0.39, 0.29) is 11.7 Å². The third-order valence-electron chi connectivity index (χ3n) is 6.93. The summed E-state index contributed by atoms with van der Waals surface area (Å²) in [5, 5.41) is 4.14. The first-order valence-electron chi connectivity index (χ1n) is 11.9. The normalized spacial score (nSPS) is 16.6. The molecule has 2 aliphatic rings. The van der Waals surface area contributed by atoms with Gasteiger partial charge in [-0.25, -0.2) is 4.39 Å². The molecule has 2 heterocycles. The highest BCUT2D eigenvalue weighted by atomic mass is 19.1. The molecule has 4 nitrogen and oxygen atoms in total. The van der Waals surface area contributed by atoms with Crippen LogP contribution in [0.5, 0.6) is 0 Å². The van der Waals surface area contributed by atoms with E-state index in [4.69, 9.17) is 0 Å². The summed E-state index contributed by atoms with van der Waals surface area (Å²) in [5.74, 6) is -0.563. The Labute approximate surface area is 194 Å². The Morgan fingerprint density at radius 3 is 2.45 bits per heavy atom. The van der Waals surface area contributed by atoms with Crippen LogP contribution in [0.4, 0.5) is 10.1 Å². The molecule has 0 atom stereocenters. The van der Waals surface area contributed by atoms with Gasteiger partial charge in [0.05, 0.1) is 5.69 Å². The molecule has 0 bridgehead atoms. The molecule has 1 amide bonds. The molecular formula is C28H30FN3O. The lowest BCUT2D eigenvalue weighted by molar-refractivity contribution is 0.102. The standard InChI is InChI=1S/C28H30FN3O/c1-20-27-21(19-32(20)18-17-31-15-6-2-3-7-16-31)9-8-12-26(27)30-28(33)24-13-14-25(29)23-11-5-4-10-22(23)24/h4-5,8-14H,1-3,6-7,15-19H2,(H,30,33). The monoisotopic (exact) mass is 443 g/mol. The van der Waals surface area contributed by atoms with Crippen molar-refractivity contribution in [3.63, 3.8) is 0 Å². The fourth-order valence-corrected chi connectivity index (χ4v) is 5.12. The van der Waals surface area contributed by atoms with E-state index in [2.05, 4.69) is 27.8 Å². The lowest BCUT2D eigenvalue weighted by Gasteiger charge is -2.25. The number of hydrogen-bond donors (Lipinski definition) is 1. The van der Waals surface area contributed by atoms with Gasteiger partial charge in [-0.2, -0.15) is 0 Å². The van der Waals surface area contributed by atoms with E-state index in [1.54, 1.807) is 24.3 Å². The molecule has 0 aromatic heterocycles. The molecule has 5 heteroatoms. The first kappa shape index (κ1) is 21.7. The number of carbonyl (C=O) groups is 1. The summed E-state index contributed by atoms with van der Waals surface area (Å²) >= 11 is 0. The van der Waals surface area contributed by atoms with Gasteiger partial charge in [-0.15, -0.1) is 0 Å². The van der Waals surface area contributed by atoms with E-state index in [9.17, 15) is 9.18 Å². The maximum Gasteiger partial charge on any atom is 0.256 e. The Hall–Kier alpha value is -3.18. The van der Waals surface area contributed by atoms with Crippen LogP contribution in [-0.4, -0.2) is 41.9 Å². The number of halogens is 1. The molecule has 1 fully saturated rings. The average Bonchev–Trinajstić information content (AvgIpc) is 2.98. The van der Waals surface area contributed by atoms with Crippen molar-refractivity contribution in [2.75, 3.05) is 31.5 Å². The smallest absolute Gasteiger partial charge is 0.256 e. The largest absolute Gasteiger partial charge is 0.366 e. The molecule has 1 saturated heterocycles. The van der Waals surface area contributed by atoms with Gasteiger partial charge in [0.15, 0.2) is 0 Å². The zero-order valence-corrected chi connectivity index (χ0v) is 18.9. The first-order valence-corrected chi connectivity index (χ1v) is 11.9. The minimum atomic E-state index is -0.323. The number of amides is 1. The van der Waals surface area contributed by atoms with Crippen molar-refractivity contribution < 1.29 is 9.18 Å². The van der Waals surface area contributed by atoms with Gasteiger partial charge in [0.2, 0.25) is 0 Å². The Balaban J connectivity index is 1.34. The predicted molar refractivity (Wildman–Crippen MR) is 133 cm³/mol. The number of carbonyl (C=O) groups excluding carboxylic acids is 1. The highest BCUT2D eigenvalue weighted by molar-refractivity contribution is 6.13. The molecule has 0 aliphatic carbocycles. The molecule has 5 rings (SSSR count). The van der Waals surface area contributed by atoms with Crippen LogP contribution in [0.25, 0.3) is 16.5 Å². The number of rotatable bonds is 5. The fraction of sp³-hybridized carbons (Fsp3) is 0.321. The van der Waals surface area contributed by atoms with Crippen LogP contribution in [-0.2, 0) is 6.54 Å². The van der Waals surface area contributed by atoms with Gasteiger partial charge >= 0.3 is 0 Å². The average molecular weight is 444 g/mol. The molecule has 0 saturated carbocycles. The van der Waals surface area contributed by atoms with E-state index in [0.29, 0.717) is 16.3 Å². The van der Waals surface area contributed by atoms with Gasteiger partial charge in [-0.1, -0.05) is 55.8 Å². The quantitative estimate of drug-likeness (QED) is 0.534. The summed E-state index contributed by atoms with van der Waals surface area (Å²) in [6, 6.07) is 16.0. The highest BCUT2D eigenvalue weighted by Crippen LogP contribution is 2.37. The first-order chi connectivity index (χ1) is 16.1. The SMILES string of the molecule is C=C1c2c(cccc2NC(=O)c2ccc(F)c3ccccc23)CN1CCN1CCCCCC1. The van der Waals surface area contributed by atoms with Crippen molar-refractivity contribution in [1.82, 2.24) is 9.80 Å². The molecule has 3 aromatic rings. The van der Waals surface area contributed by atoms with Gasteiger partial charge in [0.25, 0.3) is 5.91 Å². The number of nitrogens with one attached hydrogen (secondary N) is 1. The van der Waals surface area contributed by atoms with Crippen LogP contribution in [0.15, 0.2) is 61.2 Å². The van der Waals surface area contributed by atoms with Gasteiger partial charge in [-0.05, 0) is 55.1 Å². The van der Waals surface area contributed by atoms with Crippen molar-refractivity contribution in [3.8, 4) is 0 Å². The van der Waals surface area contributed by atoms with Crippen molar-refractivity contribution >= 4 is 28.1 Å². The lowest BCUT2D eigenvalue weighted by Crippen LogP contribution is -2.33. The molecule has 0 radical (unpaired) electrons. The van der Waals surface area contributed by atoms with Crippen LogP contribution in [0.3, 0.4) is 0 Å². The van der Waals surface area contributed by atoms with E-state index < -0.39 is 0 Å². The summed E-state index contributed by atoms with van der Waals surface area (Å²) in [4.78, 5) is 18.1. The van der Waals surface area contributed by atoms with E-state index in [0.717, 1.165) is 36.6 Å². The molecule has 170 valence electrons. The summed E-state index contributed by atoms with van der Waals surface area (Å²) < 4.78 is 14.2. The summed E-state index contributed by atoms with van der Waals surface area (Å²) in [5.41, 5.74) is 4.37. The van der Waals surface area contributed by atoms with E-state index in [1.165, 1.54) is 50.4 Å². The summed E-state index contributed by atoms with van der Waals surface area (Å²) in [6.45, 7) is 9.51. The van der Waals surface area contributed by atoms with Gasteiger partial charge in [-0.3, -0.25) is 4.79 Å². The second-order valence-corrected chi connectivity index (χ2v) is 9.06. The molecule has 0 spiro atoms. The van der Waals surface area contributed by atoms with Gasteiger partial charge in [0.1, 0.15) is 5.82 Å². The van der Waals surface area contributed by atoms with Crippen LogP contribution in [0.2, 0.25) is 0 Å². The molecule has 0 unspecified atom stereocenters. The minimum absolute atomic E-state index is 0.240. The van der Waals surface area contributed by atoms with Crippen LogP contribution in [0.1, 0.15) is 47.2 Å². The second-order valence-electron chi connectivity index (χ2n) is 9.06. The zero-order valence-electron chi connectivity index (χ0n) is 18.9. The fourth-order valence-electron chi connectivity index (χ4n) is 5.12. The topological polar surface area (TPSA) is 35.6 Å². The third kappa shape index (κ3) is 4.38. The number of benzene rings is 3.